The third-order valence-electron chi connectivity index (χ3n) is 4.50. The number of likely N-dealkylation sites (tertiary alicyclic amines) is 1. The Morgan fingerprint density at radius 3 is 2.17 bits per heavy atom. The highest BCUT2D eigenvalue weighted by atomic mass is 16.5. The van der Waals surface area contributed by atoms with Crippen LogP contribution in [0.15, 0.2) is 60.7 Å². The lowest BCUT2D eigenvalue weighted by Gasteiger charge is -2.35. The Labute approximate surface area is 144 Å². The highest BCUT2D eigenvalue weighted by Gasteiger charge is 2.36. The van der Waals surface area contributed by atoms with E-state index >= 15 is 0 Å². The normalized spacial score (nSPS) is 17.0. The molecule has 3 heteroatoms. The molecule has 1 saturated heterocycles. The first-order valence-corrected chi connectivity index (χ1v) is 8.82. The van der Waals surface area contributed by atoms with Crippen LogP contribution in [-0.4, -0.2) is 24.0 Å². The molecule has 1 unspecified atom stereocenters. The van der Waals surface area contributed by atoms with Crippen molar-refractivity contribution in [1.82, 2.24) is 4.90 Å². The molecule has 24 heavy (non-hydrogen) atoms. The van der Waals surface area contributed by atoms with Crippen molar-refractivity contribution >= 4 is 5.91 Å². The van der Waals surface area contributed by atoms with Gasteiger partial charge in [0.15, 0.2) is 0 Å². The Bertz CT molecular complexity index is 641. The van der Waals surface area contributed by atoms with Gasteiger partial charge in [0, 0.05) is 19.6 Å². The Kier molecular flexibility index (Phi) is 5.65. The summed E-state index contributed by atoms with van der Waals surface area (Å²) < 4.78 is 6.26. The highest BCUT2D eigenvalue weighted by molar-refractivity contribution is 5.78. The predicted molar refractivity (Wildman–Crippen MR) is 95.6 cm³/mol. The molecule has 0 radical (unpaired) electrons. The van der Waals surface area contributed by atoms with Gasteiger partial charge in [-0.2, -0.15) is 0 Å². The maximum atomic E-state index is 12.5. The summed E-state index contributed by atoms with van der Waals surface area (Å²) in [6.07, 6.45) is 2.38. The number of benzene rings is 2. The second-order valence-corrected chi connectivity index (χ2v) is 6.25. The first kappa shape index (κ1) is 16.7. The van der Waals surface area contributed by atoms with Crippen LogP contribution in [0.2, 0.25) is 0 Å². The minimum atomic E-state index is -0.143. The van der Waals surface area contributed by atoms with Gasteiger partial charge in [-0.15, -0.1) is 0 Å². The minimum Gasteiger partial charge on any atom is -0.371 e. The number of carbonyl (C=O) groups is 1. The predicted octanol–water partition coefficient (Wildman–Crippen LogP) is 4.52. The monoisotopic (exact) mass is 323 g/mol. The Morgan fingerprint density at radius 2 is 1.62 bits per heavy atom. The van der Waals surface area contributed by atoms with E-state index in [1.165, 1.54) is 0 Å². The molecule has 1 heterocycles. The summed E-state index contributed by atoms with van der Waals surface area (Å²) in [5.41, 5.74) is 2.26. The SMILES string of the molecule is CCCOC(c1ccccc1)[C@H](c1ccccc1)N1CCCC1=O. The smallest absolute Gasteiger partial charge is 0.223 e. The van der Waals surface area contributed by atoms with Crippen molar-refractivity contribution < 1.29 is 9.53 Å². The zero-order valence-corrected chi connectivity index (χ0v) is 14.2. The molecule has 2 aromatic carbocycles. The Morgan fingerprint density at radius 1 is 1.00 bits per heavy atom. The Balaban J connectivity index is 2.01. The van der Waals surface area contributed by atoms with Crippen molar-refractivity contribution in [3.05, 3.63) is 71.8 Å². The molecule has 2 aromatic rings. The molecule has 0 aromatic heterocycles. The molecule has 3 nitrogen and oxygen atoms in total. The van der Waals surface area contributed by atoms with Gasteiger partial charge in [-0.25, -0.2) is 0 Å². The number of hydrogen-bond acceptors (Lipinski definition) is 2. The molecule has 0 bridgehead atoms. The molecule has 1 aliphatic heterocycles. The average molecular weight is 323 g/mol. The number of carbonyl (C=O) groups excluding carboxylic acids is 1. The second-order valence-electron chi connectivity index (χ2n) is 6.25. The molecule has 126 valence electrons. The molecule has 0 saturated carbocycles. The molecule has 1 fully saturated rings. The standard InChI is InChI=1S/C21H25NO2/c1-2-16-24-21(18-12-7-4-8-13-18)20(17-10-5-3-6-11-17)22-15-9-14-19(22)23/h3-8,10-13,20-21H,2,9,14-16H2,1H3/t20-,21?/m0/s1. The van der Waals surface area contributed by atoms with Gasteiger partial charge in [0.05, 0.1) is 6.04 Å². The molecule has 0 aliphatic carbocycles. The van der Waals surface area contributed by atoms with Crippen LogP contribution in [0.1, 0.15) is 49.5 Å². The topological polar surface area (TPSA) is 29.5 Å². The van der Waals surface area contributed by atoms with Crippen molar-refractivity contribution in [2.24, 2.45) is 0 Å². The average Bonchev–Trinajstić information content (AvgIpc) is 3.05. The molecular weight excluding hydrogens is 298 g/mol. The van der Waals surface area contributed by atoms with E-state index in [0.29, 0.717) is 13.0 Å². The first-order chi connectivity index (χ1) is 11.8. The van der Waals surface area contributed by atoms with E-state index < -0.39 is 0 Å². The molecule has 0 spiro atoms. The van der Waals surface area contributed by atoms with Crippen molar-refractivity contribution in [3.63, 3.8) is 0 Å². The van der Waals surface area contributed by atoms with Crippen molar-refractivity contribution in [1.29, 1.82) is 0 Å². The molecule has 1 aliphatic rings. The van der Waals surface area contributed by atoms with Crippen LogP contribution in [0.5, 0.6) is 0 Å². The fraction of sp³-hybridized carbons (Fsp3) is 0.381. The van der Waals surface area contributed by atoms with Crippen LogP contribution < -0.4 is 0 Å². The van der Waals surface area contributed by atoms with E-state index in [9.17, 15) is 4.79 Å². The third-order valence-corrected chi connectivity index (χ3v) is 4.50. The maximum Gasteiger partial charge on any atom is 0.223 e. The summed E-state index contributed by atoms with van der Waals surface area (Å²) >= 11 is 0. The number of nitrogens with zero attached hydrogens (tertiary/aromatic N) is 1. The Hall–Kier alpha value is -2.13. The lowest BCUT2D eigenvalue weighted by atomic mass is 9.94. The van der Waals surface area contributed by atoms with Crippen LogP contribution in [0, 0.1) is 0 Å². The van der Waals surface area contributed by atoms with Gasteiger partial charge in [0.2, 0.25) is 5.91 Å². The van der Waals surface area contributed by atoms with E-state index in [2.05, 4.69) is 31.2 Å². The minimum absolute atomic E-state index is 0.0739. The quantitative estimate of drug-likeness (QED) is 0.750. The van der Waals surface area contributed by atoms with Crippen molar-refractivity contribution in [2.75, 3.05) is 13.2 Å². The van der Waals surface area contributed by atoms with E-state index in [-0.39, 0.29) is 18.1 Å². The second kappa shape index (κ2) is 8.11. The summed E-state index contributed by atoms with van der Waals surface area (Å²) in [5.74, 6) is 0.227. The summed E-state index contributed by atoms with van der Waals surface area (Å²) in [5, 5.41) is 0. The lowest BCUT2D eigenvalue weighted by Crippen LogP contribution is -2.35. The first-order valence-electron chi connectivity index (χ1n) is 8.82. The number of hydrogen-bond donors (Lipinski definition) is 0. The van der Waals surface area contributed by atoms with Crippen LogP contribution in [0.4, 0.5) is 0 Å². The third kappa shape index (κ3) is 3.68. The van der Waals surface area contributed by atoms with Gasteiger partial charge in [0.1, 0.15) is 6.10 Å². The molecule has 3 rings (SSSR count). The summed E-state index contributed by atoms with van der Waals surface area (Å²) in [6.45, 7) is 3.60. The summed E-state index contributed by atoms with van der Waals surface area (Å²) in [6, 6.07) is 20.5. The van der Waals surface area contributed by atoms with E-state index in [0.717, 1.165) is 30.5 Å². The van der Waals surface area contributed by atoms with E-state index in [4.69, 9.17) is 4.74 Å². The zero-order chi connectivity index (χ0) is 16.8. The van der Waals surface area contributed by atoms with Gasteiger partial charge in [-0.3, -0.25) is 4.79 Å². The van der Waals surface area contributed by atoms with Crippen molar-refractivity contribution in [3.8, 4) is 0 Å². The fourth-order valence-corrected chi connectivity index (χ4v) is 3.39. The highest BCUT2D eigenvalue weighted by Crippen LogP contribution is 2.39. The van der Waals surface area contributed by atoms with Gasteiger partial charge in [-0.05, 0) is 24.0 Å². The number of rotatable bonds is 7. The largest absolute Gasteiger partial charge is 0.371 e. The summed E-state index contributed by atoms with van der Waals surface area (Å²) in [7, 11) is 0. The van der Waals surface area contributed by atoms with E-state index in [1.54, 1.807) is 0 Å². The summed E-state index contributed by atoms with van der Waals surface area (Å²) in [4.78, 5) is 14.5. The van der Waals surface area contributed by atoms with Crippen LogP contribution >= 0.6 is 0 Å². The van der Waals surface area contributed by atoms with Gasteiger partial charge in [-0.1, -0.05) is 67.6 Å². The van der Waals surface area contributed by atoms with Crippen LogP contribution in [0.25, 0.3) is 0 Å². The van der Waals surface area contributed by atoms with Crippen LogP contribution in [0.3, 0.4) is 0 Å². The van der Waals surface area contributed by atoms with Crippen molar-refractivity contribution in [2.45, 2.75) is 38.3 Å². The fourth-order valence-electron chi connectivity index (χ4n) is 3.39. The molecular formula is C21H25NO2. The number of amides is 1. The zero-order valence-electron chi connectivity index (χ0n) is 14.2. The van der Waals surface area contributed by atoms with Gasteiger partial charge >= 0.3 is 0 Å². The molecule has 2 atom stereocenters. The number of ether oxygens (including phenoxy) is 1. The molecule has 0 N–H and O–H groups in total. The van der Waals surface area contributed by atoms with Gasteiger partial charge in [0.25, 0.3) is 0 Å². The molecule has 1 amide bonds. The lowest BCUT2D eigenvalue weighted by molar-refractivity contribution is -0.133. The van der Waals surface area contributed by atoms with Crippen LogP contribution in [-0.2, 0) is 9.53 Å². The van der Waals surface area contributed by atoms with E-state index in [1.807, 2.05) is 41.3 Å². The van der Waals surface area contributed by atoms with Gasteiger partial charge < -0.3 is 9.64 Å². The maximum absolute atomic E-state index is 12.5.